The van der Waals surface area contributed by atoms with Crippen LogP contribution in [0.25, 0.3) is 0 Å². The molecule has 1 aromatic rings. The van der Waals surface area contributed by atoms with E-state index in [4.69, 9.17) is 16.3 Å². The lowest BCUT2D eigenvalue weighted by atomic mass is 9.82. The van der Waals surface area contributed by atoms with Gasteiger partial charge in [0, 0.05) is 11.1 Å². The number of halogens is 1. The van der Waals surface area contributed by atoms with E-state index in [1.54, 1.807) is 0 Å². The van der Waals surface area contributed by atoms with E-state index in [0.717, 1.165) is 28.7 Å². The average molecular weight is 282 g/mol. The maximum Gasteiger partial charge on any atom is 0.120 e. The Balaban J connectivity index is 2.07. The van der Waals surface area contributed by atoms with Crippen LogP contribution >= 0.6 is 11.6 Å². The van der Waals surface area contributed by atoms with Gasteiger partial charge in [-0.3, -0.25) is 0 Å². The molecule has 1 fully saturated rings. The van der Waals surface area contributed by atoms with Crippen molar-refractivity contribution in [2.45, 2.75) is 51.7 Å². The molecule has 1 aliphatic carbocycles. The van der Waals surface area contributed by atoms with Gasteiger partial charge >= 0.3 is 0 Å². The highest BCUT2D eigenvalue weighted by Gasteiger charge is 2.30. The second-order valence-corrected chi connectivity index (χ2v) is 5.96. The van der Waals surface area contributed by atoms with E-state index in [2.05, 4.69) is 12.2 Å². The molecule has 19 heavy (non-hydrogen) atoms. The fourth-order valence-electron chi connectivity index (χ4n) is 2.91. The lowest BCUT2D eigenvalue weighted by Gasteiger charge is -2.36. The van der Waals surface area contributed by atoms with Crippen LogP contribution in [0.1, 0.15) is 38.2 Å². The van der Waals surface area contributed by atoms with Gasteiger partial charge in [0.25, 0.3) is 0 Å². The van der Waals surface area contributed by atoms with Gasteiger partial charge in [-0.05, 0) is 62.9 Å². The Morgan fingerprint density at radius 1 is 1.37 bits per heavy atom. The van der Waals surface area contributed by atoms with Gasteiger partial charge in [-0.25, -0.2) is 0 Å². The van der Waals surface area contributed by atoms with E-state index in [1.807, 2.05) is 32.2 Å². The maximum absolute atomic E-state index is 6.21. The number of rotatable bonds is 4. The van der Waals surface area contributed by atoms with Crippen LogP contribution in [0.4, 0.5) is 0 Å². The topological polar surface area (TPSA) is 21.3 Å². The highest BCUT2D eigenvalue weighted by atomic mass is 35.5. The zero-order valence-electron chi connectivity index (χ0n) is 12.1. The Labute approximate surface area is 121 Å². The van der Waals surface area contributed by atoms with Gasteiger partial charge in [-0.2, -0.15) is 0 Å². The summed E-state index contributed by atoms with van der Waals surface area (Å²) in [5.41, 5.74) is 1.07. The van der Waals surface area contributed by atoms with Gasteiger partial charge in [-0.1, -0.05) is 24.9 Å². The largest absolute Gasteiger partial charge is 0.489 e. The Bertz CT molecular complexity index is 421. The van der Waals surface area contributed by atoms with Crippen molar-refractivity contribution in [1.29, 1.82) is 0 Å². The van der Waals surface area contributed by atoms with E-state index in [0.29, 0.717) is 6.04 Å². The van der Waals surface area contributed by atoms with Crippen molar-refractivity contribution in [3.8, 4) is 5.75 Å². The van der Waals surface area contributed by atoms with E-state index >= 15 is 0 Å². The predicted octanol–water partition coefficient (Wildman–Crippen LogP) is 4.19. The van der Waals surface area contributed by atoms with Crippen molar-refractivity contribution >= 4 is 11.6 Å². The van der Waals surface area contributed by atoms with Crippen molar-refractivity contribution in [2.24, 2.45) is 5.92 Å². The standard InChI is InChI=1S/C16H24ClNO/c1-4-12-5-8-15(18-3)16(10-12)19-13-6-7-14(17)11(2)9-13/h6-7,9,12,15-16,18H,4-5,8,10H2,1-3H3. The number of ether oxygens (including phenoxy) is 1. The van der Waals surface area contributed by atoms with Crippen LogP contribution in [0.2, 0.25) is 5.02 Å². The Kier molecular flexibility index (Phi) is 5.12. The molecule has 0 aromatic heterocycles. The molecule has 1 aromatic carbocycles. The first-order chi connectivity index (χ1) is 9.13. The fraction of sp³-hybridized carbons (Fsp3) is 0.625. The molecule has 2 nitrogen and oxygen atoms in total. The summed E-state index contributed by atoms with van der Waals surface area (Å²) in [4.78, 5) is 0. The van der Waals surface area contributed by atoms with Crippen LogP contribution in [0, 0.1) is 12.8 Å². The van der Waals surface area contributed by atoms with Gasteiger partial charge in [0.2, 0.25) is 0 Å². The summed E-state index contributed by atoms with van der Waals surface area (Å²) in [7, 11) is 2.03. The predicted molar refractivity (Wildman–Crippen MR) is 81.1 cm³/mol. The van der Waals surface area contributed by atoms with Crippen LogP contribution in [-0.2, 0) is 0 Å². The van der Waals surface area contributed by atoms with Crippen LogP contribution in [0.15, 0.2) is 18.2 Å². The summed E-state index contributed by atoms with van der Waals surface area (Å²) in [6.45, 7) is 4.29. The Morgan fingerprint density at radius 3 is 2.79 bits per heavy atom. The molecule has 1 aliphatic rings. The molecular formula is C16H24ClNO. The minimum Gasteiger partial charge on any atom is -0.489 e. The van der Waals surface area contributed by atoms with Crippen molar-refractivity contribution in [1.82, 2.24) is 5.32 Å². The Morgan fingerprint density at radius 2 is 2.16 bits per heavy atom. The molecule has 0 radical (unpaired) electrons. The molecule has 106 valence electrons. The number of likely N-dealkylation sites (N-methyl/N-ethyl adjacent to an activating group) is 1. The summed E-state index contributed by atoms with van der Waals surface area (Å²) in [6.07, 6.45) is 5.16. The second kappa shape index (κ2) is 6.62. The summed E-state index contributed by atoms with van der Waals surface area (Å²) in [5, 5.41) is 4.19. The molecule has 3 heteroatoms. The van der Waals surface area contributed by atoms with E-state index < -0.39 is 0 Å². The first-order valence-electron chi connectivity index (χ1n) is 7.24. The molecular weight excluding hydrogens is 258 g/mol. The van der Waals surface area contributed by atoms with Crippen molar-refractivity contribution in [2.75, 3.05) is 7.05 Å². The zero-order valence-corrected chi connectivity index (χ0v) is 12.8. The molecule has 1 N–H and O–H groups in total. The number of hydrogen-bond donors (Lipinski definition) is 1. The molecule has 0 heterocycles. The van der Waals surface area contributed by atoms with Crippen LogP contribution in [-0.4, -0.2) is 19.2 Å². The molecule has 1 saturated carbocycles. The van der Waals surface area contributed by atoms with Crippen LogP contribution in [0.3, 0.4) is 0 Å². The monoisotopic (exact) mass is 281 g/mol. The number of benzene rings is 1. The molecule has 0 aliphatic heterocycles. The number of nitrogens with one attached hydrogen (secondary N) is 1. The van der Waals surface area contributed by atoms with E-state index in [-0.39, 0.29) is 6.10 Å². The lowest BCUT2D eigenvalue weighted by Crippen LogP contribution is -2.45. The third-order valence-electron chi connectivity index (χ3n) is 4.27. The molecule has 3 atom stereocenters. The van der Waals surface area contributed by atoms with Gasteiger partial charge in [0.05, 0.1) is 0 Å². The average Bonchev–Trinajstić information content (AvgIpc) is 2.43. The van der Waals surface area contributed by atoms with E-state index in [9.17, 15) is 0 Å². The van der Waals surface area contributed by atoms with Gasteiger partial charge in [0.15, 0.2) is 0 Å². The minimum absolute atomic E-state index is 0.268. The number of hydrogen-bond acceptors (Lipinski definition) is 2. The molecule has 0 bridgehead atoms. The summed E-state index contributed by atoms with van der Waals surface area (Å²) >= 11 is 6.06. The normalized spacial score (nSPS) is 27.3. The number of aryl methyl sites for hydroxylation is 1. The molecule has 0 spiro atoms. The molecule has 0 amide bonds. The van der Waals surface area contributed by atoms with Crippen molar-refractivity contribution in [3.63, 3.8) is 0 Å². The smallest absolute Gasteiger partial charge is 0.120 e. The summed E-state index contributed by atoms with van der Waals surface area (Å²) in [6, 6.07) is 6.38. The molecule has 0 saturated heterocycles. The minimum atomic E-state index is 0.268. The summed E-state index contributed by atoms with van der Waals surface area (Å²) in [5.74, 6) is 1.73. The van der Waals surface area contributed by atoms with Crippen molar-refractivity contribution < 1.29 is 4.74 Å². The summed E-state index contributed by atoms with van der Waals surface area (Å²) < 4.78 is 6.21. The van der Waals surface area contributed by atoms with E-state index in [1.165, 1.54) is 19.3 Å². The second-order valence-electron chi connectivity index (χ2n) is 5.55. The third kappa shape index (κ3) is 3.64. The maximum atomic E-state index is 6.21. The highest BCUT2D eigenvalue weighted by molar-refractivity contribution is 6.31. The lowest BCUT2D eigenvalue weighted by molar-refractivity contribution is 0.0882. The zero-order chi connectivity index (χ0) is 13.8. The van der Waals surface area contributed by atoms with Crippen molar-refractivity contribution in [3.05, 3.63) is 28.8 Å². The Hall–Kier alpha value is -0.730. The third-order valence-corrected chi connectivity index (χ3v) is 4.69. The van der Waals surface area contributed by atoms with Crippen LogP contribution < -0.4 is 10.1 Å². The quantitative estimate of drug-likeness (QED) is 0.893. The van der Waals surface area contributed by atoms with Gasteiger partial charge in [0.1, 0.15) is 11.9 Å². The first kappa shape index (κ1) is 14.7. The highest BCUT2D eigenvalue weighted by Crippen LogP contribution is 2.31. The van der Waals surface area contributed by atoms with Gasteiger partial charge < -0.3 is 10.1 Å². The fourth-order valence-corrected chi connectivity index (χ4v) is 3.03. The molecule has 3 unspecified atom stereocenters. The molecule has 2 rings (SSSR count). The SMILES string of the molecule is CCC1CCC(NC)C(Oc2ccc(Cl)c(C)c2)C1. The first-order valence-corrected chi connectivity index (χ1v) is 7.62. The van der Waals surface area contributed by atoms with Crippen LogP contribution in [0.5, 0.6) is 5.75 Å². The van der Waals surface area contributed by atoms with Gasteiger partial charge in [-0.15, -0.1) is 0 Å².